The van der Waals surface area contributed by atoms with Gasteiger partial charge in [0.2, 0.25) is 5.91 Å². The van der Waals surface area contributed by atoms with E-state index in [1.54, 1.807) is 0 Å². The number of halogens is 2. The number of hydrogen-bond acceptors (Lipinski definition) is 2. The second kappa shape index (κ2) is 6.78. The zero-order valence-corrected chi connectivity index (χ0v) is 10.1. The standard InChI is InChI=1S/C11H21F2NO2/c1-4-9(5-8(2)7-15)14-10(16)6-11(3,12)13/h8-9,15H,4-7H2,1-3H3,(H,14,16)/t8-,9+/m1/s1. The van der Waals surface area contributed by atoms with Crippen LogP contribution in [0.1, 0.15) is 40.0 Å². The molecule has 2 N–H and O–H groups in total. The van der Waals surface area contributed by atoms with Gasteiger partial charge in [0.15, 0.2) is 0 Å². The number of aliphatic hydroxyl groups excluding tert-OH is 1. The van der Waals surface area contributed by atoms with Gasteiger partial charge in [0.05, 0.1) is 6.42 Å². The summed E-state index contributed by atoms with van der Waals surface area (Å²) in [6.07, 6.45) is 0.496. The van der Waals surface area contributed by atoms with E-state index in [0.29, 0.717) is 12.8 Å². The molecule has 0 aliphatic carbocycles. The van der Waals surface area contributed by atoms with Gasteiger partial charge in [-0.15, -0.1) is 0 Å². The molecule has 3 nitrogen and oxygen atoms in total. The van der Waals surface area contributed by atoms with Crippen LogP contribution in [0.15, 0.2) is 0 Å². The molecule has 2 atom stereocenters. The molecule has 5 heteroatoms. The van der Waals surface area contributed by atoms with Crippen molar-refractivity contribution in [1.82, 2.24) is 5.32 Å². The first-order valence-electron chi connectivity index (χ1n) is 5.56. The SMILES string of the molecule is CC[C@@H](C[C@@H](C)CO)NC(=O)CC(C)(F)F. The normalized spacial score (nSPS) is 15.6. The molecule has 16 heavy (non-hydrogen) atoms. The maximum Gasteiger partial charge on any atom is 0.254 e. The van der Waals surface area contributed by atoms with Crippen molar-refractivity contribution in [2.24, 2.45) is 5.92 Å². The van der Waals surface area contributed by atoms with E-state index in [0.717, 1.165) is 6.92 Å². The van der Waals surface area contributed by atoms with Gasteiger partial charge < -0.3 is 10.4 Å². The highest BCUT2D eigenvalue weighted by molar-refractivity contribution is 5.77. The Hall–Kier alpha value is -0.710. The number of alkyl halides is 2. The van der Waals surface area contributed by atoms with Crippen LogP contribution in [0.4, 0.5) is 8.78 Å². The molecule has 0 aromatic rings. The molecule has 0 aromatic heterocycles. The Morgan fingerprint density at radius 1 is 1.50 bits per heavy atom. The molecule has 0 rings (SSSR count). The summed E-state index contributed by atoms with van der Waals surface area (Å²) >= 11 is 0. The predicted molar refractivity (Wildman–Crippen MR) is 58.3 cm³/mol. The molecule has 0 bridgehead atoms. The fourth-order valence-corrected chi connectivity index (χ4v) is 1.45. The fraction of sp³-hybridized carbons (Fsp3) is 0.909. The molecule has 0 fully saturated rings. The van der Waals surface area contributed by atoms with Crippen LogP contribution < -0.4 is 5.32 Å². The number of hydrogen-bond donors (Lipinski definition) is 2. The minimum absolute atomic E-state index is 0.0380. The minimum Gasteiger partial charge on any atom is -0.396 e. The van der Waals surface area contributed by atoms with Crippen LogP contribution in [0, 0.1) is 5.92 Å². The van der Waals surface area contributed by atoms with E-state index >= 15 is 0 Å². The monoisotopic (exact) mass is 237 g/mol. The van der Waals surface area contributed by atoms with Gasteiger partial charge in [-0.05, 0) is 25.7 Å². The summed E-state index contributed by atoms with van der Waals surface area (Å²) < 4.78 is 25.1. The number of carbonyl (C=O) groups excluding carboxylic acids is 1. The van der Waals surface area contributed by atoms with Crippen LogP contribution in [0.25, 0.3) is 0 Å². The van der Waals surface area contributed by atoms with Gasteiger partial charge in [-0.2, -0.15) is 0 Å². The van der Waals surface area contributed by atoms with Crippen molar-refractivity contribution in [2.75, 3.05) is 6.61 Å². The third-order valence-electron chi connectivity index (χ3n) is 2.33. The van der Waals surface area contributed by atoms with Gasteiger partial charge in [-0.25, -0.2) is 8.78 Å². The molecule has 0 aliphatic heterocycles. The van der Waals surface area contributed by atoms with Crippen molar-refractivity contribution < 1.29 is 18.7 Å². The average molecular weight is 237 g/mol. The van der Waals surface area contributed by atoms with E-state index in [1.165, 1.54) is 0 Å². The lowest BCUT2D eigenvalue weighted by atomic mass is 10.0. The molecule has 96 valence electrons. The van der Waals surface area contributed by atoms with Crippen molar-refractivity contribution >= 4 is 5.91 Å². The van der Waals surface area contributed by atoms with Gasteiger partial charge in [0, 0.05) is 12.6 Å². The Balaban J connectivity index is 4.07. The van der Waals surface area contributed by atoms with Crippen molar-refractivity contribution in [3.8, 4) is 0 Å². The lowest BCUT2D eigenvalue weighted by molar-refractivity contribution is -0.128. The highest BCUT2D eigenvalue weighted by Gasteiger charge is 2.26. The smallest absolute Gasteiger partial charge is 0.254 e. The van der Waals surface area contributed by atoms with E-state index in [1.807, 2.05) is 13.8 Å². The zero-order valence-electron chi connectivity index (χ0n) is 10.1. The lowest BCUT2D eigenvalue weighted by Crippen LogP contribution is -2.38. The summed E-state index contributed by atoms with van der Waals surface area (Å²) in [7, 11) is 0. The molecule has 0 radical (unpaired) electrons. The summed E-state index contributed by atoms with van der Waals surface area (Å²) in [6, 6.07) is -0.142. The minimum atomic E-state index is -2.97. The highest BCUT2D eigenvalue weighted by Crippen LogP contribution is 2.17. The van der Waals surface area contributed by atoms with E-state index in [2.05, 4.69) is 5.32 Å². The summed E-state index contributed by atoms with van der Waals surface area (Å²) in [5.41, 5.74) is 0. The number of nitrogens with one attached hydrogen (secondary N) is 1. The van der Waals surface area contributed by atoms with Crippen LogP contribution in [0.2, 0.25) is 0 Å². The van der Waals surface area contributed by atoms with Crippen LogP contribution in [0.3, 0.4) is 0 Å². The Morgan fingerprint density at radius 2 is 2.06 bits per heavy atom. The Morgan fingerprint density at radius 3 is 2.44 bits per heavy atom. The van der Waals surface area contributed by atoms with E-state index in [-0.39, 0.29) is 18.6 Å². The molecule has 0 heterocycles. The van der Waals surface area contributed by atoms with Crippen molar-refractivity contribution in [3.05, 3.63) is 0 Å². The predicted octanol–water partition coefficient (Wildman–Crippen LogP) is 1.94. The molecule has 0 aromatic carbocycles. The second-order valence-electron chi connectivity index (χ2n) is 4.44. The summed E-state index contributed by atoms with van der Waals surface area (Å²) in [6.45, 7) is 4.49. The molecule has 0 saturated heterocycles. The average Bonchev–Trinajstić information content (AvgIpc) is 2.13. The maximum atomic E-state index is 12.6. The molecular weight excluding hydrogens is 216 g/mol. The van der Waals surface area contributed by atoms with Crippen molar-refractivity contribution in [2.45, 2.75) is 52.0 Å². The third-order valence-corrected chi connectivity index (χ3v) is 2.33. The van der Waals surface area contributed by atoms with Gasteiger partial charge in [0.25, 0.3) is 5.92 Å². The molecule has 0 saturated carbocycles. The van der Waals surface area contributed by atoms with Gasteiger partial charge in [-0.1, -0.05) is 13.8 Å². The molecular formula is C11H21F2NO2. The summed E-state index contributed by atoms with van der Waals surface area (Å²) in [5, 5.41) is 11.4. The van der Waals surface area contributed by atoms with Crippen LogP contribution in [0.5, 0.6) is 0 Å². The third kappa shape index (κ3) is 7.56. The quantitative estimate of drug-likeness (QED) is 0.711. The molecule has 0 unspecified atom stereocenters. The lowest BCUT2D eigenvalue weighted by Gasteiger charge is -2.20. The van der Waals surface area contributed by atoms with Crippen molar-refractivity contribution in [1.29, 1.82) is 0 Å². The number of carbonyl (C=O) groups is 1. The molecule has 0 spiro atoms. The van der Waals surface area contributed by atoms with Crippen LogP contribution in [-0.4, -0.2) is 29.6 Å². The topological polar surface area (TPSA) is 49.3 Å². The number of aliphatic hydroxyl groups is 1. The Kier molecular flexibility index (Phi) is 6.48. The largest absolute Gasteiger partial charge is 0.396 e. The Bertz CT molecular complexity index is 217. The van der Waals surface area contributed by atoms with E-state index < -0.39 is 18.3 Å². The highest BCUT2D eigenvalue weighted by atomic mass is 19.3. The summed E-state index contributed by atoms with van der Waals surface area (Å²) in [5.74, 6) is -3.54. The molecule has 1 amide bonds. The van der Waals surface area contributed by atoms with Gasteiger partial charge >= 0.3 is 0 Å². The van der Waals surface area contributed by atoms with Crippen LogP contribution in [-0.2, 0) is 4.79 Å². The maximum absolute atomic E-state index is 12.6. The van der Waals surface area contributed by atoms with E-state index in [9.17, 15) is 13.6 Å². The van der Waals surface area contributed by atoms with Crippen LogP contribution >= 0.6 is 0 Å². The van der Waals surface area contributed by atoms with Gasteiger partial charge in [0.1, 0.15) is 0 Å². The zero-order chi connectivity index (χ0) is 12.8. The first-order chi connectivity index (χ1) is 7.28. The fourth-order valence-electron chi connectivity index (χ4n) is 1.45. The number of amides is 1. The number of rotatable bonds is 7. The summed E-state index contributed by atoms with van der Waals surface area (Å²) in [4.78, 5) is 11.2. The first-order valence-corrected chi connectivity index (χ1v) is 5.56. The molecule has 0 aliphatic rings. The Labute approximate surface area is 95.2 Å². The van der Waals surface area contributed by atoms with Crippen molar-refractivity contribution in [3.63, 3.8) is 0 Å². The first kappa shape index (κ1) is 15.3. The van der Waals surface area contributed by atoms with Gasteiger partial charge in [-0.3, -0.25) is 4.79 Å². The second-order valence-corrected chi connectivity index (χ2v) is 4.44. The van der Waals surface area contributed by atoms with E-state index in [4.69, 9.17) is 5.11 Å².